The lowest BCUT2D eigenvalue weighted by Crippen LogP contribution is -2.07. The lowest BCUT2D eigenvalue weighted by atomic mass is 10.1. The van der Waals surface area contributed by atoms with E-state index in [1.54, 1.807) is 6.07 Å². The Morgan fingerprint density at radius 2 is 1.75 bits per heavy atom. The van der Waals surface area contributed by atoms with Gasteiger partial charge in [-0.05, 0) is 42.7 Å². The molecule has 106 valence electrons. The first-order valence-corrected chi connectivity index (χ1v) is 7.66. The Labute approximate surface area is 130 Å². The zero-order chi connectivity index (χ0) is 14.5. The van der Waals surface area contributed by atoms with Crippen LogP contribution in [0, 0.1) is 0 Å². The Kier molecular flexibility index (Phi) is 5.33. The second-order valence-electron chi connectivity index (χ2n) is 4.96. The number of rotatable bonds is 5. The van der Waals surface area contributed by atoms with Crippen LogP contribution >= 0.6 is 23.2 Å². The average Bonchev–Trinajstić information content (AvgIpc) is 2.44. The van der Waals surface area contributed by atoms with E-state index in [-0.39, 0.29) is 6.04 Å². The highest BCUT2D eigenvalue weighted by molar-refractivity contribution is 6.42. The van der Waals surface area contributed by atoms with Crippen molar-refractivity contribution in [2.24, 2.45) is 0 Å². The molecule has 3 heteroatoms. The van der Waals surface area contributed by atoms with Crippen molar-refractivity contribution in [3.8, 4) is 0 Å². The van der Waals surface area contributed by atoms with Crippen molar-refractivity contribution in [3.63, 3.8) is 0 Å². The summed E-state index contributed by atoms with van der Waals surface area (Å²) in [4.78, 5) is 0. The molecule has 0 radical (unpaired) electrons. The number of halogens is 2. The van der Waals surface area contributed by atoms with Crippen LogP contribution in [0.3, 0.4) is 0 Å². The van der Waals surface area contributed by atoms with Gasteiger partial charge in [0.25, 0.3) is 0 Å². The fourth-order valence-corrected chi connectivity index (χ4v) is 2.71. The molecule has 0 saturated carbocycles. The van der Waals surface area contributed by atoms with E-state index in [4.69, 9.17) is 23.2 Å². The third kappa shape index (κ3) is 3.68. The van der Waals surface area contributed by atoms with Crippen LogP contribution in [0.4, 0.5) is 5.69 Å². The number of hydrogen-bond acceptors (Lipinski definition) is 1. The Morgan fingerprint density at radius 1 is 1.05 bits per heavy atom. The number of benzene rings is 2. The van der Waals surface area contributed by atoms with Gasteiger partial charge in [0, 0.05) is 5.69 Å². The van der Waals surface area contributed by atoms with E-state index in [2.05, 4.69) is 43.4 Å². The van der Waals surface area contributed by atoms with Crippen LogP contribution in [-0.2, 0) is 6.42 Å². The molecule has 0 aromatic heterocycles. The number of anilines is 1. The minimum atomic E-state index is 0.109. The van der Waals surface area contributed by atoms with Crippen LogP contribution in [0.2, 0.25) is 10.0 Å². The fraction of sp³-hybridized carbons (Fsp3) is 0.294. The maximum absolute atomic E-state index is 6.25. The molecule has 0 amide bonds. The van der Waals surface area contributed by atoms with Gasteiger partial charge in [0.15, 0.2) is 0 Å². The summed E-state index contributed by atoms with van der Waals surface area (Å²) in [5, 5.41) is 4.67. The largest absolute Gasteiger partial charge is 0.378 e. The summed E-state index contributed by atoms with van der Waals surface area (Å²) >= 11 is 12.3. The van der Waals surface area contributed by atoms with Crippen molar-refractivity contribution in [2.75, 3.05) is 5.32 Å². The van der Waals surface area contributed by atoms with Crippen molar-refractivity contribution in [2.45, 2.75) is 32.7 Å². The highest BCUT2D eigenvalue weighted by atomic mass is 35.5. The molecule has 2 aromatic rings. The van der Waals surface area contributed by atoms with Gasteiger partial charge in [0.1, 0.15) is 0 Å². The Balaban J connectivity index is 2.11. The van der Waals surface area contributed by atoms with E-state index in [1.807, 2.05) is 12.1 Å². The second kappa shape index (κ2) is 7.01. The normalized spacial score (nSPS) is 12.2. The van der Waals surface area contributed by atoms with Crippen molar-refractivity contribution in [1.82, 2.24) is 0 Å². The highest BCUT2D eigenvalue weighted by Gasteiger charge is 2.11. The third-order valence-corrected chi connectivity index (χ3v) is 4.16. The maximum Gasteiger partial charge on any atom is 0.0644 e. The van der Waals surface area contributed by atoms with Crippen LogP contribution in [-0.4, -0.2) is 0 Å². The minimum absolute atomic E-state index is 0.109. The molecule has 1 atom stereocenters. The van der Waals surface area contributed by atoms with Gasteiger partial charge in [-0.3, -0.25) is 0 Å². The van der Waals surface area contributed by atoms with Crippen LogP contribution < -0.4 is 5.32 Å². The summed E-state index contributed by atoms with van der Waals surface area (Å²) in [6, 6.07) is 14.4. The van der Waals surface area contributed by atoms with E-state index in [0.29, 0.717) is 10.0 Å². The molecule has 1 nitrogen and oxygen atoms in total. The molecule has 0 heterocycles. The van der Waals surface area contributed by atoms with Crippen molar-refractivity contribution in [3.05, 3.63) is 63.6 Å². The molecule has 0 aliphatic rings. The van der Waals surface area contributed by atoms with Crippen LogP contribution in [0.5, 0.6) is 0 Å². The molecule has 0 saturated heterocycles. The van der Waals surface area contributed by atoms with Crippen LogP contribution in [0.25, 0.3) is 0 Å². The van der Waals surface area contributed by atoms with Gasteiger partial charge >= 0.3 is 0 Å². The van der Waals surface area contributed by atoms with Crippen molar-refractivity contribution < 1.29 is 0 Å². The predicted molar refractivity (Wildman–Crippen MR) is 88.9 cm³/mol. The van der Waals surface area contributed by atoms with Crippen LogP contribution in [0.15, 0.2) is 42.5 Å². The summed E-state index contributed by atoms with van der Waals surface area (Å²) in [5.41, 5.74) is 3.47. The molecule has 0 bridgehead atoms. The number of nitrogens with one attached hydrogen (secondary N) is 1. The number of aryl methyl sites for hydroxylation is 1. The van der Waals surface area contributed by atoms with Gasteiger partial charge in [-0.1, -0.05) is 60.8 Å². The van der Waals surface area contributed by atoms with Gasteiger partial charge in [-0.15, -0.1) is 0 Å². The standard InChI is InChI=1S/C17H19Cl2N/c1-3-5-13-8-10-14(11-9-13)20-12(2)15-6-4-7-16(18)17(15)19/h4,6-12,20H,3,5H2,1-2H3. The SMILES string of the molecule is CCCc1ccc(NC(C)c2cccc(Cl)c2Cl)cc1. The molecule has 20 heavy (non-hydrogen) atoms. The van der Waals surface area contributed by atoms with E-state index in [1.165, 1.54) is 12.0 Å². The van der Waals surface area contributed by atoms with Gasteiger partial charge < -0.3 is 5.32 Å². The van der Waals surface area contributed by atoms with E-state index >= 15 is 0 Å². The lowest BCUT2D eigenvalue weighted by molar-refractivity contribution is 0.883. The van der Waals surface area contributed by atoms with Crippen molar-refractivity contribution >= 4 is 28.9 Å². The third-order valence-electron chi connectivity index (χ3n) is 3.32. The first-order chi connectivity index (χ1) is 9.61. The summed E-state index contributed by atoms with van der Waals surface area (Å²) < 4.78 is 0. The average molecular weight is 308 g/mol. The topological polar surface area (TPSA) is 12.0 Å². The monoisotopic (exact) mass is 307 g/mol. The minimum Gasteiger partial charge on any atom is -0.378 e. The van der Waals surface area contributed by atoms with E-state index < -0.39 is 0 Å². The van der Waals surface area contributed by atoms with Gasteiger partial charge in [-0.25, -0.2) is 0 Å². The molecule has 0 aliphatic heterocycles. The maximum atomic E-state index is 6.25. The lowest BCUT2D eigenvalue weighted by Gasteiger charge is -2.18. The molecule has 2 rings (SSSR count). The Morgan fingerprint density at radius 3 is 2.40 bits per heavy atom. The first kappa shape index (κ1) is 15.2. The predicted octanol–water partition coefficient (Wildman–Crippen LogP) is 6.12. The van der Waals surface area contributed by atoms with E-state index in [0.717, 1.165) is 17.7 Å². The quantitative estimate of drug-likeness (QED) is 0.701. The zero-order valence-corrected chi connectivity index (χ0v) is 13.3. The second-order valence-corrected chi connectivity index (χ2v) is 5.74. The molecule has 0 spiro atoms. The summed E-state index contributed by atoms with van der Waals surface area (Å²) in [7, 11) is 0. The first-order valence-electron chi connectivity index (χ1n) is 6.91. The molecule has 0 aliphatic carbocycles. The van der Waals surface area contributed by atoms with Gasteiger partial charge in [0.2, 0.25) is 0 Å². The summed E-state index contributed by atoms with van der Waals surface area (Å²) in [6.45, 7) is 4.27. The molecule has 1 unspecified atom stereocenters. The van der Waals surface area contributed by atoms with Crippen molar-refractivity contribution in [1.29, 1.82) is 0 Å². The van der Waals surface area contributed by atoms with Gasteiger partial charge in [0.05, 0.1) is 16.1 Å². The number of hydrogen-bond donors (Lipinski definition) is 1. The molecule has 0 fully saturated rings. The van der Waals surface area contributed by atoms with E-state index in [9.17, 15) is 0 Å². The Hall–Kier alpha value is -1.18. The molecule has 2 aromatic carbocycles. The Bertz CT molecular complexity index is 564. The zero-order valence-electron chi connectivity index (χ0n) is 11.8. The van der Waals surface area contributed by atoms with Crippen LogP contribution in [0.1, 0.15) is 37.4 Å². The molecular weight excluding hydrogens is 289 g/mol. The summed E-state index contributed by atoms with van der Waals surface area (Å²) in [6.07, 6.45) is 2.29. The smallest absolute Gasteiger partial charge is 0.0644 e. The molecule has 1 N–H and O–H groups in total. The highest BCUT2D eigenvalue weighted by Crippen LogP contribution is 2.31. The fourth-order valence-electron chi connectivity index (χ4n) is 2.24. The summed E-state index contributed by atoms with van der Waals surface area (Å²) in [5.74, 6) is 0. The molecular formula is C17H19Cl2N. The van der Waals surface area contributed by atoms with Gasteiger partial charge in [-0.2, -0.15) is 0 Å².